The van der Waals surface area contributed by atoms with Crippen molar-refractivity contribution in [3.05, 3.63) is 53.6 Å². The lowest BCUT2D eigenvalue weighted by molar-refractivity contribution is -0.143. The number of methoxy groups -OCH3 is 1. The second-order valence-electron chi connectivity index (χ2n) is 11.2. The van der Waals surface area contributed by atoms with E-state index in [1.54, 1.807) is 25.3 Å². The Bertz CT molecular complexity index is 1210. The molecule has 1 aliphatic carbocycles. The molecule has 0 bridgehead atoms. The number of benzene rings is 1. The quantitative estimate of drug-likeness (QED) is 0.580. The van der Waals surface area contributed by atoms with Crippen LogP contribution in [0.2, 0.25) is 0 Å². The number of imidazole rings is 1. The number of nitrogens with one attached hydrogen (secondary N) is 1. The summed E-state index contributed by atoms with van der Waals surface area (Å²) < 4.78 is 52.7. The summed E-state index contributed by atoms with van der Waals surface area (Å²) in [5.74, 6) is -0.125. The molecule has 0 spiro atoms. The fourth-order valence-corrected chi connectivity index (χ4v) is 6.44. The van der Waals surface area contributed by atoms with Gasteiger partial charge in [-0.2, -0.15) is 13.2 Å². The Hall–Kier alpha value is -2.96. The fraction of sp³-hybridized carbons (Fsp3) is 0.607. The van der Waals surface area contributed by atoms with Crippen molar-refractivity contribution in [1.29, 1.82) is 0 Å². The SMILES string of the molecule is COC1COCCC1NC1CC[C@](CN(C)C(=O)n2ccnc2)(C(=O)N2CCc3ccc(C(F)(F)F)cc3C2)C1. The Kier molecular flexibility index (Phi) is 8.21. The summed E-state index contributed by atoms with van der Waals surface area (Å²) >= 11 is 0. The second kappa shape index (κ2) is 11.5. The van der Waals surface area contributed by atoms with Gasteiger partial charge in [0.05, 0.1) is 23.7 Å². The third kappa shape index (κ3) is 5.89. The number of carbonyl (C=O) groups is 2. The standard InChI is InChI=1S/C28H36F3N5O4/c1-34(26(38)36-11-9-32-18-36)17-27(8-5-22(14-27)33-23-7-12-40-16-24(23)39-2)25(37)35-10-6-19-3-4-21(28(29,30)31)13-20(19)15-35/h3-4,9,11,13,18,22-24,33H,5-8,10,12,14-17H2,1-2H3/t22?,23?,24?,27-/m0/s1. The highest BCUT2D eigenvalue weighted by Crippen LogP contribution is 2.42. The average Bonchev–Trinajstić information content (AvgIpc) is 3.63. The van der Waals surface area contributed by atoms with Crippen molar-refractivity contribution in [1.82, 2.24) is 24.7 Å². The summed E-state index contributed by atoms with van der Waals surface area (Å²) in [6.07, 6.45) is 3.02. The van der Waals surface area contributed by atoms with Crippen LogP contribution in [-0.2, 0) is 33.4 Å². The molecule has 9 nitrogen and oxygen atoms in total. The molecule has 3 unspecified atom stereocenters. The normalized spacial score (nSPS) is 26.9. The molecule has 40 heavy (non-hydrogen) atoms. The maximum atomic E-state index is 14.3. The van der Waals surface area contributed by atoms with Gasteiger partial charge < -0.3 is 24.6 Å². The number of rotatable bonds is 6. The summed E-state index contributed by atoms with van der Waals surface area (Å²) in [4.78, 5) is 34.5. The molecular formula is C28H36F3N5O4. The molecule has 12 heteroatoms. The first kappa shape index (κ1) is 28.6. The minimum Gasteiger partial charge on any atom is -0.379 e. The highest BCUT2D eigenvalue weighted by atomic mass is 19.4. The molecule has 1 aromatic heterocycles. The zero-order chi connectivity index (χ0) is 28.5. The first-order valence-electron chi connectivity index (χ1n) is 13.7. The molecule has 2 amide bonds. The van der Waals surface area contributed by atoms with Crippen LogP contribution < -0.4 is 5.32 Å². The number of hydrogen-bond donors (Lipinski definition) is 1. The maximum absolute atomic E-state index is 14.3. The smallest absolute Gasteiger partial charge is 0.379 e. The van der Waals surface area contributed by atoms with Crippen LogP contribution in [0.5, 0.6) is 0 Å². The van der Waals surface area contributed by atoms with Crippen molar-refractivity contribution < 1.29 is 32.2 Å². The van der Waals surface area contributed by atoms with Crippen LogP contribution >= 0.6 is 0 Å². The summed E-state index contributed by atoms with van der Waals surface area (Å²) in [5.41, 5.74) is -0.245. The molecule has 3 aliphatic rings. The Morgan fingerprint density at radius 3 is 2.83 bits per heavy atom. The minimum atomic E-state index is -4.45. The number of hydrogen-bond acceptors (Lipinski definition) is 6. The first-order chi connectivity index (χ1) is 19.1. The van der Waals surface area contributed by atoms with Gasteiger partial charge in [-0.05, 0) is 55.4 Å². The number of amides is 2. The summed E-state index contributed by atoms with van der Waals surface area (Å²) in [7, 11) is 3.32. The van der Waals surface area contributed by atoms with E-state index >= 15 is 0 Å². The second-order valence-corrected chi connectivity index (χ2v) is 11.2. The van der Waals surface area contributed by atoms with Crippen LogP contribution in [0.3, 0.4) is 0 Å². The first-order valence-corrected chi connectivity index (χ1v) is 13.7. The third-order valence-corrected chi connectivity index (χ3v) is 8.54. The highest BCUT2D eigenvalue weighted by Gasteiger charge is 2.49. The zero-order valence-corrected chi connectivity index (χ0v) is 22.8. The number of aromatic nitrogens is 2. The van der Waals surface area contributed by atoms with Crippen molar-refractivity contribution >= 4 is 11.9 Å². The number of fused-ring (bicyclic) bond motifs is 1. The molecule has 1 saturated heterocycles. The van der Waals surface area contributed by atoms with Gasteiger partial charge in [0, 0.05) is 64.9 Å². The van der Waals surface area contributed by atoms with Crippen molar-refractivity contribution in [2.75, 3.05) is 40.5 Å². The van der Waals surface area contributed by atoms with Gasteiger partial charge in [0.15, 0.2) is 0 Å². The van der Waals surface area contributed by atoms with E-state index in [9.17, 15) is 22.8 Å². The molecule has 2 fully saturated rings. The van der Waals surface area contributed by atoms with Gasteiger partial charge in [-0.3, -0.25) is 9.36 Å². The number of ether oxygens (including phenoxy) is 2. The number of halogens is 3. The van der Waals surface area contributed by atoms with E-state index in [1.807, 2.05) is 0 Å². The van der Waals surface area contributed by atoms with Gasteiger partial charge in [0.1, 0.15) is 6.33 Å². The molecule has 1 aromatic carbocycles. The predicted octanol–water partition coefficient (Wildman–Crippen LogP) is 3.32. The number of nitrogens with zero attached hydrogens (tertiary/aromatic N) is 4. The molecule has 218 valence electrons. The van der Waals surface area contributed by atoms with Crippen molar-refractivity contribution in [3.63, 3.8) is 0 Å². The largest absolute Gasteiger partial charge is 0.416 e. The van der Waals surface area contributed by atoms with Crippen molar-refractivity contribution in [2.24, 2.45) is 5.41 Å². The van der Waals surface area contributed by atoms with E-state index in [0.29, 0.717) is 44.6 Å². The van der Waals surface area contributed by atoms with Crippen LogP contribution in [0.25, 0.3) is 0 Å². The van der Waals surface area contributed by atoms with E-state index < -0.39 is 17.2 Å². The van der Waals surface area contributed by atoms with E-state index in [0.717, 1.165) is 30.5 Å². The Morgan fingerprint density at radius 2 is 2.10 bits per heavy atom. The summed E-state index contributed by atoms with van der Waals surface area (Å²) in [5, 5.41) is 3.68. The van der Waals surface area contributed by atoms with E-state index in [2.05, 4.69) is 10.3 Å². The zero-order valence-electron chi connectivity index (χ0n) is 22.8. The van der Waals surface area contributed by atoms with Gasteiger partial charge in [0.2, 0.25) is 5.91 Å². The molecule has 5 rings (SSSR count). The van der Waals surface area contributed by atoms with Crippen LogP contribution in [0.15, 0.2) is 36.9 Å². The lowest BCUT2D eigenvalue weighted by Crippen LogP contribution is -2.53. The Labute approximate surface area is 231 Å². The van der Waals surface area contributed by atoms with E-state index in [-0.39, 0.29) is 43.2 Å². The molecule has 0 radical (unpaired) electrons. The topological polar surface area (TPSA) is 88.9 Å². The molecule has 1 saturated carbocycles. The van der Waals surface area contributed by atoms with Crippen molar-refractivity contribution in [2.45, 2.75) is 63.0 Å². The maximum Gasteiger partial charge on any atom is 0.416 e. The van der Waals surface area contributed by atoms with Crippen LogP contribution in [0.1, 0.15) is 42.4 Å². The average molecular weight is 564 g/mol. The Balaban J connectivity index is 1.37. The molecule has 3 heterocycles. The van der Waals surface area contributed by atoms with Gasteiger partial charge in [-0.1, -0.05) is 6.07 Å². The summed E-state index contributed by atoms with van der Waals surface area (Å²) in [6, 6.07) is 3.58. The monoisotopic (exact) mass is 563 g/mol. The fourth-order valence-electron chi connectivity index (χ4n) is 6.44. The predicted molar refractivity (Wildman–Crippen MR) is 139 cm³/mol. The molecule has 4 atom stereocenters. The van der Waals surface area contributed by atoms with Crippen LogP contribution in [0, 0.1) is 5.41 Å². The van der Waals surface area contributed by atoms with Crippen LogP contribution in [-0.4, -0.2) is 89.9 Å². The minimum absolute atomic E-state index is 0.0235. The molecule has 2 aromatic rings. The van der Waals surface area contributed by atoms with Gasteiger partial charge >= 0.3 is 12.2 Å². The Morgan fingerprint density at radius 1 is 1.27 bits per heavy atom. The lowest BCUT2D eigenvalue weighted by Gasteiger charge is -2.39. The van der Waals surface area contributed by atoms with Gasteiger partial charge in [0.25, 0.3) is 0 Å². The number of alkyl halides is 3. The molecule has 1 N–H and O–H groups in total. The highest BCUT2D eigenvalue weighted by molar-refractivity contribution is 5.85. The van der Waals surface area contributed by atoms with Crippen LogP contribution in [0.4, 0.5) is 18.0 Å². The van der Waals surface area contributed by atoms with Gasteiger partial charge in [-0.25, -0.2) is 9.78 Å². The van der Waals surface area contributed by atoms with Gasteiger partial charge in [-0.15, -0.1) is 0 Å². The number of carbonyl (C=O) groups excluding carboxylic acids is 2. The summed E-state index contributed by atoms with van der Waals surface area (Å²) in [6.45, 7) is 1.85. The molecular weight excluding hydrogens is 527 g/mol. The van der Waals surface area contributed by atoms with E-state index in [1.165, 1.54) is 28.1 Å². The molecule has 2 aliphatic heterocycles. The third-order valence-electron chi connectivity index (χ3n) is 8.54. The van der Waals surface area contributed by atoms with Crippen molar-refractivity contribution in [3.8, 4) is 0 Å². The van der Waals surface area contributed by atoms with E-state index in [4.69, 9.17) is 9.47 Å². The lowest BCUT2D eigenvalue weighted by atomic mass is 9.82.